The monoisotopic (exact) mass is 1130 g/mol. The highest BCUT2D eigenvalue weighted by molar-refractivity contribution is 8.00. The Morgan fingerprint density at radius 2 is 1.44 bits per heavy atom. The molecular formula is C62H92N4O13S. The standard InChI is InChI=1S/C62H92N4O13S/c1-14-40(6)56(50(77-11)35-52(69)65-31-21-25-48(65)58(78-12)41(7)49(68)34-46(61(74)75)32-43-22-17-15-18-23-43)63(9)60(73)54(38(2)3)42(8)57(71)55(39(4)5)64(10)62(76)79-37-45-28-26-44(27-29-45)33-47(67)24-19-16-20-30-66-53(70)36-51(80-13)59(66)72/h15,17-18,22-23,26-29,38-42,46,48,50-51,54-56,58H,14,16,19-21,24-25,30-37H2,1-13H3,(H,74,75)/t40-,41-,42?,46+,48-,50+,51?,54+,55-,56-,58+/m0/s1. The molecular weight excluding hydrogens is 1040 g/mol. The van der Waals surface area contributed by atoms with E-state index in [1.807, 2.05) is 90.3 Å². The zero-order valence-corrected chi connectivity index (χ0v) is 50.7. The number of thioether (sulfide) groups is 1. The summed E-state index contributed by atoms with van der Waals surface area (Å²) in [5, 5.41) is 9.76. The Morgan fingerprint density at radius 1 is 0.787 bits per heavy atom. The largest absolute Gasteiger partial charge is 0.481 e. The van der Waals surface area contributed by atoms with E-state index in [-0.39, 0.29) is 103 Å². The summed E-state index contributed by atoms with van der Waals surface area (Å²) >= 11 is 1.39. The lowest BCUT2D eigenvalue weighted by molar-refractivity contribution is -0.151. The predicted molar refractivity (Wildman–Crippen MR) is 308 cm³/mol. The first-order valence-electron chi connectivity index (χ1n) is 28.7. The number of ketones is 3. The number of likely N-dealkylation sites (N-methyl/N-ethyl adjacent to an activating group) is 2. The van der Waals surface area contributed by atoms with Crippen molar-refractivity contribution in [2.75, 3.05) is 47.7 Å². The number of rotatable bonds is 34. The third-order valence-electron chi connectivity index (χ3n) is 16.7. The van der Waals surface area contributed by atoms with Gasteiger partial charge in [0, 0.05) is 84.8 Å². The van der Waals surface area contributed by atoms with Gasteiger partial charge in [0.1, 0.15) is 18.2 Å². The second-order valence-corrected chi connectivity index (χ2v) is 24.0. The Balaban J connectivity index is 1.37. The lowest BCUT2D eigenvalue weighted by Crippen LogP contribution is -2.56. The number of amides is 5. The van der Waals surface area contributed by atoms with Gasteiger partial charge in [-0.25, -0.2) is 4.79 Å². The van der Waals surface area contributed by atoms with Crippen molar-refractivity contribution >= 4 is 64.8 Å². The van der Waals surface area contributed by atoms with Crippen molar-refractivity contribution in [3.05, 3.63) is 71.3 Å². The van der Waals surface area contributed by atoms with E-state index in [0.717, 1.165) is 17.5 Å². The van der Waals surface area contributed by atoms with Gasteiger partial charge in [0.2, 0.25) is 23.6 Å². The van der Waals surface area contributed by atoms with E-state index in [1.165, 1.54) is 42.8 Å². The van der Waals surface area contributed by atoms with Crippen molar-refractivity contribution in [1.29, 1.82) is 0 Å². The van der Waals surface area contributed by atoms with Crippen molar-refractivity contribution in [3.63, 3.8) is 0 Å². The number of nitrogens with zero attached hydrogens (tertiary/aromatic N) is 4. The second kappa shape index (κ2) is 32.3. The van der Waals surface area contributed by atoms with Crippen LogP contribution in [0.1, 0.15) is 136 Å². The van der Waals surface area contributed by atoms with E-state index in [1.54, 1.807) is 42.8 Å². The molecule has 2 aromatic rings. The van der Waals surface area contributed by atoms with Crippen LogP contribution in [-0.2, 0) is 72.0 Å². The van der Waals surface area contributed by atoms with Gasteiger partial charge in [-0.3, -0.25) is 43.3 Å². The van der Waals surface area contributed by atoms with Crippen LogP contribution in [-0.4, -0.2) is 161 Å². The molecule has 2 aliphatic heterocycles. The van der Waals surface area contributed by atoms with Crippen molar-refractivity contribution < 1.29 is 62.5 Å². The van der Waals surface area contributed by atoms with Gasteiger partial charge in [0.15, 0.2) is 5.78 Å². The minimum absolute atomic E-state index is 0.0692. The first-order valence-corrected chi connectivity index (χ1v) is 30.0. The number of methoxy groups -OCH3 is 2. The van der Waals surface area contributed by atoms with E-state index < -0.39 is 66.1 Å². The molecule has 2 fully saturated rings. The number of likely N-dealkylation sites (tertiary alicyclic amines) is 2. The molecule has 2 aromatic carbocycles. The molecule has 444 valence electrons. The minimum atomic E-state index is -1.05. The number of carbonyl (C=O) groups is 9. The summed E-state index contributed by atoms with van der Waals surface area (Å²) in [7, 11) is 6.25. The smallest absolute Gasteiger partial charge is 0.410 e. The highest BCUT2D eigenvalue weighted by Gasteiger charge is 2.46. The molecule has 0 radical (unpaired) electrons. The summed E-state index contributed by atoms with van der Waals surface area (Å²) in [5.74, 6) is -6.29. The summed E-state index contributed by atoms with van der Waals surface area (Å²) < 4.78 is 17.8. The fourth-order valence-corrected chi connectivity index (χ4v) is 12.5. The van der Waals surface area contributed by atoms with E-state index in [0.29, 0.717) is 57.2 Å². The van der Waals surface area contributed by atoms with Gasteiger partial charge < -0.3 is 34.0 Å². The maximum atomic E-state index is 15.0. The number of hydrogen-bond acceptors (Lipinski definition) is 13. The van der Waals surface area contributed by atoms with Gasteiger partial charge in [-0.2, -0.15) is 11.8 Å². The molecule has 17 nitrogen and oxygen atoms in total. The minimum Gasteiger partial charge on any atom is -0.481 e. The highest BCUT2D eigenvalue weighted by Crippen LogP contribution is 2.34. The van der Waals surface area contributed by atoms with Crippen LogP contribution in [0.5, 0.6) is 0 Å². The van der Waals surface area contributed by atoms with Crippen molar-refractivity contribution in [2.24, 2.45) is 41.4 Å². The predicted octanol–water partition coefficient (Wildman–Crippen LogP) is 8.74. The molecule has 11 atom stereocenters. The number of carboxylic acid groups (broad SMARTS) is 1. The third kappa shape index (κ3) is 18.0. The molecule has 4 rings (SSSR count). The van der Waals surface area contributed by atoms with Crippen molar-refractivity contribution in [1.82, 2.24) is 19.6 Å². The SMILES string of the molecule is CC[C@H](C)[C@@H]([C@@H](CC(=O)N1CCC[C@H]1[C@H](OC)[C@@H](C)C(=O)C[C@@H](Cc1ccccc1)C(=O)O)OC)N(C)C(=O)[C@H](C(C)C)C(C)C(=O)[C@H](C(C)C)N(C)C(=O)OCc1ccc(CC(=O)CCCCCN2C(=O)CC(SC)C2=O)cc1. The summed E-state index contributed by atoms with van der Waals surface area (Å²) in [6.45, 7) is 15.7. The number of Topliss-reactive ketones (excluding diaryl/α,β-unsaturated/α-hetero) is 3. The molecule has 2 unspecified atom stereocenters. The maximum Gasteiger partial charge on any atom is 0.410 e. The van der Waals surface area contributed by atoms with Crippen LogP contribution in [0.25, 0.3) is 0 Å². The Morgan fingerprint density at radius 3 is 2.00 bits per heavy atom. The Kier molecular flexibility index (Phi) is 27.0. The Bertz CT molecular complexity index is 2400. The number of unbranched alkanes of at least 4 members (excludes halogenated alkanes) is 2. The Labute approximate surface area is 479 Å². The summed E-state index contributed by atoms with van der Waals surface area (Å²) in [4.78, 5) is 127. The first-order chi connectivity index (χ1) is 37.9. The first kappa shape index (κ1) is 67.0. The van der Waals surface area contributed by atoms with Gasteiger partial charge >= 0.3 is 12.1 Å². The normalized spacial score (nSPS) is 19.0. The molecule has 1 N–H and O–H groups in total. The topological polar surface area (TPSA) is 215 Å². The van der Waals surface area contributed by atoms with Crippen molar-refractivity contribution in [2.45, 2.75) is 175 Å². The lowest BCUT2D eigenvalue weighted by atomic mass is 9.76. The van der Waals surface area contributed by atoms with Crippen LogP contribution in [0.15, 0.2) is 54.6 Å². The second-order valence-electron chi connectivity index (χ2n) is 23.0. The highest BCUT2D eigenvalue weighted by atomic mass is 32.2. The molecule has 0 spiro atoms. The van der Waals surface area contributed by atoms with Crippen LogP contribution in [0.3, 0.4) is 0 Å². The zero-order valence-electron chi connectivity index (χ0n) is 49.9. The number of hydrogen-bond donors (Lipinski definition) is 1. The molecule has 2 saturated heterocycles. The Hall–Kier alpha value is -5.46. The molecule has 0 saturated carbocycles. The lowest BCUT2D eigenvalue weighted by Gasteiger charge is -2.42. The van der Waals surface area contributed by atoms with Gasteiger partial charge in [0.25, 0.3) is 0 Å². The van der Waals surface area contributed by atoms with Crippen LogP contribution < -0.4 is 0 Å². The van der Waals surface area contributed by atoms with Crippen LogP contribution in [0, 0.1) is 41.4 Å². The summed E-state index contributed by atoms with van der Waals surface area (Å²) in [5.41, 5.74) is 2.34. The number of ether oxygens (including phenoxy) is 3. The van der Waals surface area contributed by atoms with E-state index in [9.17, 15) is 48.3 Å². The molecule has 18 heteroatoms. The zero-order chi connectivity index (χ0) is 59.5. The van der Waals surface area contributed by atoms with Crippen molar-refractivity contribution in [3.8, 4) is 0 Å². The number of imide groups is 1. The average molecular weight is 1130 g/mol. The van der Waals surface area contributed by atoms with Crippen LogP contribution in [0.2, 0.25) is 0 Å². The third-order valence-corrected chi connectivity index (χ3v) is 17.6. The number of carbonyl (C=O) groups excluding carboxylic acids is 8. The molecule has 0 aromatic heterocycles. The number of aliphatic carboxylic acids is 1. The quantitative estimate of drug-likeness (QED) is 0.0513. The fourth-order valence-electron chi connectivity index (χ4n) is 11.9. The van der Waals surface area contributed by atoms with Gasteiger partial charge in [0.05, 0.1) is 47.9 Å². The van der Waals surface area contributed by atoms with Gasteiger partial charge in [-0.1, -0.05) is 123 Å². The van der Waals surface area contributed by atoms with E-state index in [4.69, 9.17) is 14.2 Å². The molecule has 2 aliphatic rings. The molecule has 5 amide bonds. The summed E-state index contributed by atoms with van der Waals surface area (Å²) in [6.07, 6.45) is 4.49. The van der Waals surface area contributed by atoms with Crippen LogP contribution in [0.4, 0.5) is 4.79 Å². The van der Waals surface area contributed by atoms with E-state index in [2.05, 4.69) is 0 Å². The molecule has 0 aliphatic carbocycles. The number of benzene rings is 2. The molecule has 0 bridgehead atoms. The fraction of sp³-hybridized carbons (Fsp3) is 0.661. The maximum absolute atomic E-state index is 15.0. The van der Waals surface area contributed by atoms with E-state index >= 15 is 0 Å². The summed E-state index contributed by atoms with van der Waals surface area (Å²) in [6, 6.07) is 14.5. The van der Waals surface area contributed by atoms with Gasteiger partial charge in [-0.15, -0.1) is 0 Å². The molecule has 2 heterocycles. The number of carboxylic acids is 1. The van der Waals surface area contributed by atoms with Crippen LogP contribution >= 0.6 is 11.8 Å². The molecule has 80 heavy (non-hydrogen) atoms. The van der Waals surface area contributed by atoms with Gasteiger partial charge in [-0.05, 0) is 72.8 Å². The average Bonchev–Trinajstić information content (AvgIpc) is 4.02.